The van der Waals surface area contributed by atoms with Gasteiger partial charge in [-0.05, 0) is 53.6 Å². The molecule has 0 N–H and O–H groups in total. The Labute approximate surface area is 194 Å². The summed E-state index contributed by atoms with van der Waals surface area (Å²) in [6.45, 7) is 3.63. The molecule has 158 valence electrons. The summed E-state index contributed by atoms with van der Waals surface area (Å²) in [5.41, 5.74) is 1.85. The lowest BCUT2D eigenvalue weighted by atomic mass is 10.2. The Balaban J connectivity index is 1.41. The number of hydrogen-bond acceptors (Lipinski definition) is 6. The summed E-state index contributed by atoms with van der Waals surface area (Å²) < 4.78 is 5.86. The van der Waals surface area contributed by atoms with Crippen molar-refractivity contribution in [1.29, 1.82) is 0 Å². The summed E-state index contributed by atoms with van der Waals surface area (Å²) in [5, 5.41) is 7.12. The van der Waals surface area contributed by atoms with Gasteiger partial charge >= 0.3 is 0 Å². The molecule has 0 spiro atoms. The van der Waals surface area contributed by atoms with Crippen LogP contribution in [0.25, 0.3) is 6.08 Å². The fourth-order valence-electron chi connectivity index (χ4n) is 3.01. The van der Waals surface area contributed by atoms with Gasteiger partial charge in [-0.25, -0.2) is 4.98 Å². The van der Waals surface area contributed by atoms with E-state index in [9.17, 15) is 4.79 Å². The first kappa shape index (κ1) is 21.5. The Morgan fingerprint density at radius 3 is 2.39 bits per heavy atom. The van der Waals surface area contributed by atoms with Crippen molar-refractivity contribution in [2.75, 3.05) is 0 Å². The van der Waals surface area contributed by atoms with Gasteiger partial charge in [0.15, 0.2) is 0 Å². The number of benzene rings is 1. The van der Waals surface area contributed by atoms with Gasteiger partial charge in [-0.3, -0.25) is 4.79 Å². The van der Waals surface area contributed by atoms with Crippen molar-refractivity contribution in [3.63, 3.8) is 0 Å². The van der Waals surface area contributed by atoms with Crippen LogP contribution in [0.2, 0.25) is 0 Å². The maximum atomic E-state index is 13.0. The highest BCUT2D eigenvalue weighted by atomic mass is 32.1. The first-order valence-corrected chi connectivity index (χ1v) is 12.5. The van der Waals surface area contributed by atoms with Gasteiger partial charge < -0.3 is 9.64 Å². The zero-order valence-electron chi connectivity index (χ0n) is 17.1. The largest absolute Gasteiger partial charge is 0.487 e. The summed E-state index contributed by atoms with van der Waals surface area (Å²) in [5.74, 6) is 0.750. The Morgan fingerprint density at radius 2 is 1.77 bits per heavy atom. The Bertz CT molecular complexity index is 1100. The smallest absolute Gasteiger partial charge is 0.247 e. The van der Waals surface area contributed by atoms with Crippen molar-refractivity contribution < 1.29 is 9.53 Å². The predicted octanol–water partition coefficient (Wildman–Crippen LogP) is 6.40. The second kappa shape index (κ2) is 10.5. The predicted molar refractivity (Wildman–Crippen MR) is 130 cm³/mol. The molecular weight excluding hydrogens is 444 g/mol. The number of carbonyl (C=O) groups excluding carboxylic acids is 1. The van der Waals surface area contributed by atoms with Crippen LogP contribution in [0.1, 0.15) is 26.0 Å². The third-order valence-corrected chi connectivity index (χ3v) is 7.04. The number of aryl methyl sites for hydroxylation is 1. The summed E-state index contributed by atoms with van der Waals surface area (Å²) in [4.78, 5) is 21.6. The zero-order chi connectivity index (χ0) is 21.5. The van der Waals surface area contributed by atoms with Crippen LogP contribution < -0.4 is 4.74 Å². The highest BCUT2D eigenvalue weighted by Gasteiger charge is 2.13. The molecule has 4 aromatic rings. The summed E-state index contributed by atoms with van der Waals surface area (Å²) >= 11 is 4.95. The van der Waals surface area contributed by atoms with Crippen LogP contribution in [0.3, 0.4) is 0 Å². The molecule has 31 heavy (non-hydrogen) atoms. The molecule has 4 nitrogen and oxygen atoms in total. The molecule has 0 saturated heterocycles. The second-order valence-corrected chi connectivity index (χ2v) is 10.0. The number of hydrogen-bond donors (Lipinski definition) is 0. The number of thiazole rings is 1. The minimum atomic E-state index is -0.00827. The summed E-state index contributed by atoms with van der Waals surface area (Å²) in [6.07, 6.45) is 3.49. The maximum absolute atomic E-state index is 13.0. The lowest BCUT2D eigenvalue weighted by molar-refractivity contribution is -0.127. The van der Waals surface area contributed by atoms with Gasteiger partial charge in [0.1, 0.15) is 12.4 Å². The van der Waals surface area contributed by atoms with Crippen LogP contribution in [-0.2, 0) is 24.5 Å². The van der Waals surface area contributed by atoms with E-state index in [2.05, 4.69) is 17.1 Å². The average Bonchev–Trinajstić information content (AvgIpc) is 3.54. The van der Waals surface area contributed by atoms with Gasteiger partial charge in [0.05, 0.1) is 23.8 Å². The number of ether oxygens (including phenoxy) is 1. The lowest BCUT2D eigenvalue weighted by Crippen LogP contribution is -2.27. The average molecular weight is 467 g/mol. The number of nitrogens with zero attached hydrogens (tertiary/aromatic N) is 2. The molecule has 1 amide bonds. The van der Waals surface area contributed by atoms with Crippen LogP contribution in [0, 0.1) is 6.92 Å². The zero-order valence-corrected chi connectivity index (χ0v) is 19.5. The highest BCUT2D eigenvalue weighted by Crippen LogP contribution is 2.20. The third-order valence-electron chi connectivity index (χ3n) is 4.50. The van der Waals surface area contributed by atoms with Gasteiger partial charge in [0.2, 0.25) is 5.91 Å². The normalized spacial score (nSPS) is 11.1. The van der Waals surface area contributed by atoms with Gasteiger partial charge in [0, 0.05) is 21.2 Å². The fraction of sp³-hybridized carbons (Fsp3) is 0.167. The molecule has 7 heteroatoms. The van der Waals surface area contributed by atoms with Crippen molar-refractivity contribution >= 4 is 46.0 Å². The molecule has 0 atom stereocenters. The van der Waals surface area contributed by atoms with E-state index in [0.29, 0.717) is 19.7 Å². The van der Waals surface area contributed by atoms with Gasteiger partial charge in [-0.2, -0.15) is 0 Å². The van der Waals surface area contributed by atoms with Crippen molar-refractivity contribution in [3.8, 4) is 5.75 Å². The quantitative estimate of drug-likeness (QED) is 0.268. The van der Waals surface area contributed by atoms with Crippen LogP contribution in [-0.4, -0.2) is 15.8 Å². The maximum Gasteiger partial charge on any atom is 0.247 e. The van der Waals surface area contributed by atoms with E-state index in [1.807, 2.05) is 70.4 Å². The molecule has 3 aromatic heterocycles. The van der Waals surface area contributed by atoms with Crippen molar-refractivity contribution in [1.82, 2.24) is 9.88 Å². The van der Waals surface area contributed by atoms with E-state index in [-0.39, 0.29) is 5.91 Å². The van der Waals surface area contributed by atoms with Crippen molar-refractivity contribution in [2.45, 2.75) is 26.6 Å². The molecule has 0 radical (unpaired) electrons. The number of thiophene rings is 2. The molecule has 0 fully saturated rings. The van der Waals surface area contributed by atoms with Gasteiger partial charge in [0.25, 0.3) is 0 Å². The van der Waals surface area contributed by atoms with E-state index in [0.717, 1.165) is 22.0 Å². The molecule has 3 heterocycles. The van der Waals surface area contributed by atoms with Gasteiger partial charge in [-0.15, -0.1) is 34.0 Å². The van der Waals surface area contributed by atoms with E-state index in [1.165, 1.54) is 9.75 Å². The molecule has 0 saturated carbocycles. The SMILES string of the molecule is Cc1nc(COc2cccc(/C=C/C(=O)N(Cc3cccs3)Cc3cccs3)c2)cs1. The van der Waals surface area contributed by atoms with Crippen LogP contribution >= 0.6 is 34.0 Å². The van der Waals surface area contributed by atoms with Gasteiger partial charge in [-0.1, -0.05) is 24.3 Å². The van der Waals surface area contributed by atoms with E-state index >= 15 is 0 Å². The van der Waals surface area contributed by atoms with Crippen molar-refractivity contribution in [2.24, 2.45) is 0 Å². The second-order valence-electron chi connectivity index (χ2n) is 6.91. The Kier molecular flexibility index (Phi) is 7.30. The number of amides is 1. The van der Waals surface area contributed by atoms with E-state index in [4.69, 9.17) is 4.74 Å². The first-order chi connectivity index (χ1) is 15.2. The third kappa shape index (κ3) is 6.37. The van der Waals surface area contributed by atoms with Crippen molar-refractivity contribution in [3.05, 3.63) is 96.8 Å². The molecule has 0 bridgehead atoms. The minimum absolute atomic E-state index is 0.00827. The Morgan fingerprint density at radius 1 is 1.03 bits per heavy atom. The standard InChI is InChI=1S/C24H22N2O2S3/c1-18-25-20(17-31-18)16-28-21-6-2-5-19(13-21)9-10-24(27)26(14-22-7-3-11-29-22)15-23-8-4-12-30-23/h2-13,17H,14-16H2,1H3/b10-9+. The van der Waals surface area contributed by atoms with E-state index in [1.54, 1.807) is 40.1 Å². The lowest BCUT2D eigenvalue weighted by Gasteiger charge is -2.20. The molecule has 0 aliphatic rings. The molecule has 0 aliphatic carbocycles. The molecule has 0 unspecified atom stereocenters. The number of carbonyl (C=O) groups is 1. The molecule has 4 rings (SSSR count). The molecule has 0 aliphatic heterocycles. The minimum Gasteiger partial charge on any atom is -0.487 e. The first-order valence-electron chi connectivity index (χ1n) is 9.81. The summed E-state index contributed by atoms with van der Waals surface area (Å²) in [6, 6.07) is 15.9. The highest BCUT2D eigenvalue weighted by molar-refractivity contribution is 7.10. The Hall–Kier alpha value is -2.74. The van der Waals surface area contributed by atoms with Crippen LogP contribution in [0.5, 0.6) is 5.75 Å². The monoisotopic (exact) mass is 466 g/mol. The molecular formula is C24H22N2O2S3. The van der Waals surface area contributed by atoms with E-state index < -0.39 is 0 Å². The summed E-state index contributed by atoms with van der Waals surface area (Å²) in [7, 11) is 0. The number of aromatic nitrogens is 1. The number of rotatable bonds is 9. The topological polar surface area (TPSA) is 42.4 Å². The fourth-order valence-corrected chi connectivity index (χ4v) is 5.04. The van der Waals surface area contributed by atoms with Crippen LogP contribution in [0.15, 0.2) is 70.7 Å². The molecule has 1 aromatic carbocycles. The van der Waals surface area contributed by atoms with Crippen LogP contribution in [0.4, 0.5) is 0 Å².